The van der Waals surface area contributed by atoms with Gasteiger partial charge in [0, 0.05) is 18.6 Å². The molecule has 0 bridgehead atoms. The Morgan fingerprint density at radius 1 is 1.40 bits per heavy atom. The number of rotatable bonds is 6. The minimum atomic E-state index is -0.172. The molecule has 0 aliphatic heterocycles. The summed E-state index contributed by atoms with van der Waals surface area (Å²) in [5.74, 6) is 0.0311. The summed E-state index contributed by atoms with van der Waals surface area (Å²) in [6, 6.07) is 3.36. The van der Waals surface area contributed by atoms with Gasteiger partial charge in [-0.1, -0.05) is 6.92 Å². The fraction of sp³-hybridized carbons (Fsp3) is 0.571. The minimum absolute atomic E-state index is 0.00736. The molecular weight excluding hydrogens is 276 g/mol. The van der Waals surface area contributed by atoms with Crippen LogP contribution >= 0.6 is 11.3 Å². The number of carbonyl (C=O) groups excluding carboxylic acids is 2. The second-order valence-electron chi connectivity index (χ2n) is 5.35. The van der Waals surface area contributed by atoms with Crippen LogP contribution in [-0.2, 0) is 4.79 Å². The minimum Gasteiger partial charge on any atom is -0.396 e. The van der Waals surface area contributed by atoms with E-state index in [1.807, 2.05) is 13.8 Å². The molecule has 1 aromatic rings. The van der Waals surface area contributed by atoms with Crippen LogP contribution in [0.15, 0.2) is 12.1 Å². The van der Waals surface area contributed by atoms with E-state index >= 15 is 0 Å². The van der Waals surface area contributed by atoms with Crippen molar-refractivity contribution in [3.05, 3.63) is 17.0 Å². The highest BCUT2D eigenvalue weighted by Crippen LogP contribution is 2.31. The smallest absolute Gasteiger partial charge is 0.261 e. The van der Waals surface area contributed by atoms with E-state index in [9.17, 15) is 9.59 Å². The molecule has 0 aromatic carbocycles. The van der Waals surface area contributed by atoms with Gasteiger partial charge in [0.05, 0.1) is 9.88 Å². The molecule has 0 saturated heterocycles. The average molecular weight is 296 g/mol. The molecule has 1 fully saturated rings. The molecule has 3 N–H and O–H groups in total. The molecule has 0 radical (unpaired) electrons. The van der Waals surface area contributed by atoms with Gasteiger partial charge in [-0.3, -0.25) is 9.59 Å². The van der Waals surface area contributed by atoms with Gasteiger partial charge in [-0.15, -0.1) is 11.3 Å². The standard InChI is InChI=1S/C14H20N2O3S/c1-8(7-17)9(2)15-14(19)11-5-6-12(20-11)16-13(18)10-3-4-10/h5-6,8-10,17H,3-4,7H2,1-2H3,(H,15,19)(H,16,18). The van der Waals surface area contributed by atoms with E-state index in [2.05, 4.69) is 10.6 Å². The lowest BCUT2D eigenvalue weighted by molar-refractivity contribution is -0.117. The van der Waals surface area contributed by atoms with Crippen molar-refractivity contribution in [1.29, 1.82) is 0 Å². The first kappa shape index (κ1) is 15.0. The third-order valence-electron chi connectivity index (χ3n) is 3.52. The number of amides is 2. The van der Waals surface area contributed by atoms with Crippen molar-refractivity contribution in [3.8, 4) is 0 Å². The molecule has 2 amide bonds. The Hall–Kier alpha value is -1.40. The van der Waals surface area contributed by atoms with Crippen LogP contribution in [0.1, 0.15) is 36.4 Å². The SMILES string of the molecule is CC(CO)C(C)NC(=O)c1ccc(NC(=O)C2CC2)s1. The largest absolute Gasteiger partial charge is 0.396 e. The maximum Gasteiger partial charge on any atom is 0.261 e. The highest BCUT2D eigenvalue weighted by molar-refractivity contribution is 7.18. The quantitative estimate of drug-likeness (QED) is 0.749. The van der Waals surface area contributed by atoms with Gasteiger partial charge in [0.15, 0.2) is 0 Å². The Morgan fingerprint density at radius 2 is 2.10 bits per heavy atom. The molecule has 2 rings (SSSR count). The normalized spacial score (nSPS) is 17.4. The van der Waals surface area contributed by atoms with Crippen LogP contribution in [0, 0.1) is 11.8 Å². The van der Waals surface area contributed by atoms with Crippen molar-refractivity contribution in [2.75, 3.05) is 11.9 Å². The summed E-state index contributed by atoms with van der Waals surface area (Å²) in [4.78, 5) is 24.2. The Kier molecular flexibility index (Phi) is 4.77. The zero-order valence-corrected chi connectivity index (χ0v) is 12.5. The lowest BCUT2D eigenvalue weighted by Gasteiger charge is -2.18. The van der Waals surface area contributed by atoms with Gasteiger partial charge in [0.2, 0.25) is 5.91 Å². The number of hydrogen-bond acceptors (Lipinski definition) is 4. The van der Waals surface area contributed by atoms with Crippen molar-refractivity contribution in [1.82, 2.24) is 5.32 Å². The Bertz CT molecular complexity index is 496. The molecule has 1 saturated carbocycles. The van der Waals surface area contributed by atoms with Crippen LogP contribution in [0.2, 0.25) is 0 Å². The highest BCUT2D eigenvalue weighted by Gasteiger charge is 2.30. The van der Waals surface area contributed by atoms with Crippen LogP contribution in [0.3, 0.4) is 0 Å². The van der Waals surface area contributed by atoms with Crippen LogP contribution in [0.5, 0.6) is 0 Å². The maximum atomic E-state index is 12.0. The van der Waals surface area contributed by atoms with Gasteiger partial charge in [0.25, 0.3) is 5.91 Å². The monoisotopic (exact) mass is 296 g/mol. The fourth-order valence-corrected chi connectivity index (χ4v) is 2.49. The summed E-state index contributed by atoms with van der Waals surface area (Å²) < 4.78 is 0. The Labute approximate surface area is 122 Å². The van der Waals surface area contributed by atoms with Gasteiger partial charge in [-0.25, -0.2) is 0 Å². The highest BCUT2D eigenvalue weighted by atomic mass is 32.1. The lowest BCUT2D eigenvalue weighted by atomic mass is 10.1. The predicted molar refractivity (Wildman–Crippen MR) is 78.9 cm³/mol. The zero-order valence-electron chi connectivity index (χ0n) is 11.7. The number of thiophene rings is 1. The third-order valence-corrected chi connectivity index (χ3v) is 4.52. The van der Waals surface area contributed by atoms with Crippen molar-refractivity contribution in [3.63, 3.8) is 0 Å². The predicted octanol–water partition coefficient (Wildman–Crippen LogP) is 1.84. The molecule has 6 heteroatoms. The molecule has 5 nitrogen and oxygen atoms in total. The summed E-state index contributed by atoms with van der Waals surface area (Å²) >= 11 is 1.27. The first-order chi connectivity index (χ1) is 9.51. The summed E-state index contributed by atoms with van der Waals surface area (Å²) in [5, 5.41) is 15.4. The van der Waals surface area contributed by atoms with Gasteiger partial charge < -0.3 is 15.7 Å². The van der Waals surface area contributed by atoms with Crippen LogP contribution in [-0.4, -0.2) is 29.6 Å². The second-order valence-corrected chi connectivity index (χ2v) is 6.43. The van der Waals surface area contributed by atoms with Gasteiger partial charge in [0.1, 0.15) is 0 Å². The molecule has 1 heterocycles. The summed E-state index contributed by atoms with van der Waals surface area (Å²) in [7, 11) is 0. The van der Waals surface area contributed by atoms with Crippen LogP contribution in [0.4, 0.5) is 5.00 Å². The zero-order chi connectivity index (χ0) is 14.7. The molecule has 1 aliphatic carbocycles. The molecular formula is C14H20N2O3S. The van der Waals surface area contributed by atoms with E-state index in [1.165, 1.54) is 11.3 Å². The first-order valence-corrected chi connectivity index (χ1v) is 7.65. The van der Waals surface area contributed by atoms with Crippen molar-refractivity contribution in [2.24, 2.45) is 11.8 Å². The average Bonchev–Trinajstić information content (AvgIpc) is 3.18. The number of aliphatic hydroxyl groups is 1. The Morgan fingerprint density at radius 3 is 2.70 bits per heavy atom. The third kappa shape index (κ3) is 3.80. The molecule has 2 unspecified atom stereocenters. The summed E-state index contributed by atoms with van der Waals surface area (Å²) in [5.41, 5.74) is 0. The van der Waals surface area contributed by atoms with Crippen molar-refractivity contribution in [2.45, 2.75) is 32.7 Å². The number of nitrogens with one attached hydrogen (secondary N) is 2. The van der Waals surface area contributed by atoms with E-state index < -0.39 is 0 Å². The topological polar surface area (TPSA) is 78.4 Å². The fourth-order valence-electron chi connectivity index (χ4n) is 1.67. The number of carbonyl (C=O) groups is 2. The van der Waals surface area contributed by atoms with Crippen LogP contribution in [0.25, 0.3) is 0 Å². The summed E-state index contributed by atoms with van der Waals surface area (Å²) in [6.07, 6.45) is 1.92. The first-order valence-electron chi connectivity index (χ1n) is 6.83. The number of anilines is 1. The molecule has 2 atom stereocenters. The molecule has 110 valence electrons. The summed E-state index contributed by atoms with van der Waals surface area (Å²) in [6.45, 7) is 3.78. The van der Waals surface area contributed by atoms with Crippen LogP contribution < -0.4 is 10.6 Å². The van der Waals surface area contributed by atoms with E-state index in [0.717, 1.165) is 12.8 Å². The van der Waals surface area contributed by atoms with Gasteiger partial charge >= 0.3 is 0 Å². The van der Waals surface area contributed by atoms with Gasteiger partial charge in [-0.2, -0.15) is 0 Å². The molecule has 1 aliphatic rings. The molecule has 0 spiro atoms. The van der Waals surface area contributed by atoms with E-state index in [-0.39, 0.29) is 36.3 Å². The molecule has 1 aromatic heterocycles. The van der Waals surface area contributed by atoms with E-state index in [4.69, 9.17) is 5.11 Å². The van der Waals surface area contributed by atoms with E-state index in [1.54, 1.807) is 12.1 Å². The molecule has 20 heavy (non-hydrogen) atoms. The van der Waals surface area contributed by atoms with E-state index in [0.29, 0.717) is 9.88 Å². The van der Waals surface area contributed by atoms with Gasteiger partial charge in [-0.05, 0) is 37.8 Å². The van der Waals surface area contributed by atoms with Crippen molar-refractivity contribution < 1.29 is 14.7 Å². The van der Waals surface area contributed by atoms with Crippen molar-refractivity contribution >= 4 is 28.2 Å². The number of hydrogen-bond donors (Lipinski definition) is 3. The lowest BCUT2D eigenvalue weighted by Crippen LogP contribution is -2.37. The maximum absolute atomic E-state index is 12.0. The Balaban J connectivity index is 1.90. The second kappa shape index (κ2) is 6.37. The number of aliphatic hydroxyl groups excluding tert-OH is 1.